The number of rotatable bonds is 6. The van der Waals surface area contributed by atoms with Crippen LogP contribution in [0.25, 0.3) is 0 Å². The third kappa shape index (κ3) is 5.33. The minimum absolute atomic E-state index is 0.224. The van der Waals surface area contributed by atoms with Gasteiger partial charge in [-0.05, 0) is 48.1 Å². The molecule has 2 N–H and O–H groups in total. The molecule has 0 aliphatic carbocycles. The predicted molar refractivity (Wildman–Crippen MR) is 111 cm³/mol. The van der Waals surface area contributed by atoms with Crippen molar-refractivity contribution >= 4 is 17.3 Å². The molecule has 150 valence electrons. The summed E-state index contributed by atoms with van der Waals surface area (Å²) in [7, 11) is 3.38. The van der Waals surface area contributed by atoms with Crippen molar-refractivity contribution in [1.29, 1.82) is 0 Å². The van der Waals surface area contributed by atoms with E-state index >= 15 is 0 Å². The number of methoxy groups -OCH3 is 2. The van der Waals surface area contributed by atoms with Gasteiger partial charge in [0.2, 0.25) is 0 Å². The molecule has 0 radical (unpaired) electrons. The molecule has 0 saturated carbocycles. The number of nitrogens with zero attached hydrogens (tertiary/aromatic N) is 1. The van der Waals surface area contributed by atoms with Gasteiger partial charge in [-0.25, -0.2) is 4.39 Å². The molecule has 0 unspecified atom stereocenters. The van der Waals surface area contributed by atoms with Gasteiger partial charge in [-0.2, -0.15) is 0 Å². The molecule has 1 aliphatic heterocycles. The van der Waals surface area contributed by atoms with Crippen LogP contribution < -0.4 is 19.7 Å². The van der Waals surface area contributed by atoms with Crippen LogP contribution in [0.1, 0.15) is 11.1 Å². The number of hydrogen-bond acceptors (Lipinski definition) is 3. The third-order valence-electron chi connectivity index (χ3n) is 5.04. The Morgan fingerprint density at radius 1 is 1.11 bits per heavy atom. The van der Waals surface area contributed by atoms with E-state index in [0.29, 0.717) is 6.54 Å². The first-order valence-electron chi connectivity index (χ1n) is 9.40. The normalized spacial score (nSPS) is 14.6. The highest BCUT2D eigenvalue weighted by molar-refractivity contribution is 7.80. The molecule has 3 rings (SSSR count). The summed E-state index contributed by atoms with van der Waals surface area (Å²) in [5, 5.41) is 4.03. The fraction of sp³-hybridized carbons (Fsp3) is 0.381. The largest absolute Gasteiger partial charge is 0.497 e. The van der Waals surface area contributed by atoms with Crippen molar-refractivity contribution in [3.8, 4) is 11.5 Å². The number of quaternary nitrogens is 1. The Morgan fingerprint density at radius 3 is 2.46 bits per heavy atom. The van der Waals surface area contributed by atoms with E-state index in [2.05, 4.69) is 10.2 Å². The SMILES string of the molecule is COc1ccc(OC)c(C[NH+]2CCN(C(=S)NCc3ccc(F)cc3)CC2)c1. The monoisotopic (exact) mass is 404 g/mol. The van der Waals surface area contributed by atoms with E-state index in [1.807, 2.05) is 18.2 Å². The van der Waals surface area contributed by atoms with Crippen molar-refractivity contribution in [3.05, 3.63) is 59.4 Å². The number of piperazine rings is 1. The summed E-state index contributed by atoms with van der Waals surface area (Å²) >= 11 is 5.53. The first kappa shape index (κ1) is 20.4. The Bertz CT molecular complexity index is 793. The highest BCUT2D eigenvalue weighted by atomic mass is 32.1. The van der Waals surface area contributed by atoms with Crippen LogP contribution in [0.15, 0.2) is 42.5 Å². The lowest BCUT2D eigenvalue weighted by Gasteiger charge is -2.34. The topological polar surface area (TPSA) is 38.2 Å². The van der Waals surface area contributed by atoms with E-state index in [9.17, 15) is 4.39 Å². The first-order chi connectivity index (χ1) is 13.6. The van der Waals surface area contributed by atoms with Crippen molar-refractivity contribution in [3.63, 3.8) is 0 Å². The molecule has 2 aromatic carbocycles. The summed E-state index contributed by atoms with van der Waals surface area (Å²) in [4.78, 5) is 3.69. The van der Waals surface area contributed by atoms with Gasteiger partial charge in [0.1, 0.15) is 23.9 Å². The van der Waals surface area contributed by atoms with Gasteiger partial charge >= 0.3 is 0 Å². The Labute approximate surface area is 171 Å². The summed E-state index contributed by atoms with van der Waals surface area (Å²) in [5.74, 6) is 1.52. The van der Waals surface area contributed by atoms with Crippen molar-refractivity contribution in [2.75, 3.05) is 40.4 Å². The minimum atomic E-state index is -0.224. The van der Waals surface area contributed by atoms with Gasteiger partial charge in [0, 0.05) is 6.54 Å². The highest BCUT2D eigenvalue weighted by Gasteiger charge is 2.23. The molecular weight excluding hydrogens is 377 g/mol. The fourth-order valence-electron chi connectivity index (χ4n) is 3.38. The van der Waals surface area contributed by atoms with Gasteiger partial charge in [-0.1, -0.05) is 12.1 Å². The smallest absolute Gasteiger partial charge is 0.169 e. The molecule has 1 saturated heterocycles. The number of hydrogen-bond donors (Lipinski definition) is 2. The summed E-state index contributed by atoms with van der Waals surface area (Å²) in [6.07, 6.45) is 0. The molecule has 0 bridgehead atoms. The van der Waals surface area contributed by atoms with Crippen LogP contribution in [0, 0.1) is 5.82 Å². The summed E-state index contributed by atoms with van der Waals surface area (Å²) in [6, 6.07) is 12.4. The maximum Gasteiger partial charge on any atom is 0.169 e. The predicted octanol–water partition coefficient (Wildman–Crippen LogP) is 1.62. The molecule has 0 atom stereocenters. The lowest BCUT2D eigenvalue weighted by atomic mass is 10.1. The summed E-state index contributed by atoms with van der Waals surface area (Å²) < 4.78 is 23.8. The number of ether oxygens (including phenoxy) is 2. The second-order valence-electron chi connectivity index (χ2n) is 6.88. The van der Waals surface area contributed by atoms with E-state index in [4.69, 9.17) is 21.7 Å². The average molecular weight is 405 g/mol. The van der Waals surface area contributed by atoms with Crippen LogP contribution in [-0.4, -0.2) is 50.4 Å². The van der Waals surface area contributed by atoms with Crippen molar-refractivity contribution in [1.82, 2.24) is 10.2 Å². The van der Waals surface area contributed by atoms with E-state index in [1.54, 1.807) is 26.4 Å². The van der Waals surface area contributed by atoms with Crippen LogP contribution in [0.3, 0.4) is 0 Å². The lowest BCUT2D eigenvalue weighted by molar-refractivity contribution is -0.917. The molecule has 7 heteroatoms. The number of halogens is 1. The van der Waals surface area contributed by atoms with Gasteiger partial charge in [-0.3, -0.25) is 0 Å². The van der Waals surface area contributed by atoms with Crippen LogP contribution in [0.4, 0.5) is 4.39 Å². The molecular formula is C21H27FN3O2S+. The van der Waals surface area contributed by atoms with E-state index in [1.165, 1.54) is 17.0 Å². The zero-order valence-electron chi connectivity index (χ0n) is 16.3. The molecule has 28 heavy (non-hydrogen) atoms. The van der Waals surface area contributed by atoms with Gasteiger partial charge in [0.15, 0.2) is 5.11 Å². The van der Waals surface area contributed by atoms with E-state index < -0.39 is 0 Å². The summed E-state index contributed by atoms with van der Waals surface area (Å²) in [5.41, 5.74) is 2.17. The molecule has 0 amide bonds. The molecule has 1 heterocycles. The second kappa shape index (κ2) is 9.71. The Kier molecular flexibility index (Phi) is 7.06. The zero-order valence-corrected chi connectivity index (χ0v) is 17.2. The number of thiocarbonyl (C=S) groups is 1. The van der Waals surface area contributed by atoms with E-state index in [0.717, 1.165) is 60.5 Å². The fourth-order valence-corrected chi connectivity index (χ4v) is 3.64. The maximum atomic E-state index is 13.0. The van der Waals surface area contributed by atoms with Gasteiger partial charge in [0.25, 0.3) is 0 Å². The third-order valence-corrected chi connectivity index (χ3v) is 5.45. The van der Waals surface area contributed by atoms with Crippen LogP contribution in [0.2, 0.25) is 0 Å². The number of nitrogens with one attached hydrogen (secondary N) is 2. The van der Waals surface area contributed by atoms with Gasteiger partial charge < -0.3 is 24.6 Å². The van der Waals surface area contributed by atoms with Crippen LogP contribution in [-0.2, 0) is 13.1 Å². The minimum Gasteiger partial charge on any atom is -0.497 e. The Hall–Kier alpha value is -2.38. The van der Waals surface area contributed by atoms with Crippen molar-refractivity contribution in [2.24, 2.45) is 0 Å². The van der Waals surface area contributed by atoms with E-state index in [-0.39, 0.29) is 5.82 Å². The molecule has 0 spiro atoms. The molecule has 0 aromatic heterocycles. The molecule has 1 aliphatic rings. The lowest BCUT2D eigenvalue weighted by Crippen LogP contribution is -3.13. The second-order valence-corrected chi connectivity index (χ2v) is 7.26. The van der Waals surface area contributed by atoms with Gasteiger partial charge in [-0.15, -0.1) is 0 Å². The Balaban J connectivity index is 1.49. The average Bonchev–Trinajstić information content (AvgIpc) is 2.73. The van der Waals surface area contributed by atoms with Crippen LogP contribution >= 0.6 is 12.2 Å². The maximum absolute atomic E-state index is 13.0. The standard InChI is InChI=1S/C21H26FN3O2S/c1-26-19-7-8-20(27-2)17(13-19)15-24-9-11-25(12-10-24)21(28)23-14-16-3-5-18(22)6-4-16/h3-8,13H,9-12,14-15H2,1-2H3,(H,23,28)/p+1. The van der Waals surface area contributed by atoms with Crippen molar-refractivity contribution < 1.29 is 18.8 Å². The highest BCUT2D eigenvalue weighted by Crippen LogP contribution is 2.23. The quantitative estimate of drug-likeness (QED) is 0.716. The van der Waals surface area contributed by atoms with Crippen LogP contribution in [0.5, 0.6) is 11.5 Å². The first-order valence-corrected chi connectivity index (χ1v) is 9.81. The summed E-state index contributed by atoms with van der Waals surface area (Å²) in [6.45, 7) is 5.29. The number of benzene rings is 2. The van der Waals surface area contributed by atoms with Crippen molar-refractivity contribution in [2.45, 2.75) is 13.1 Å². The molecule has 5 nitrogen and oxygen atoms in total. The molecule has 2 aromatic rings. The zero-order chi connectivity index (χ0) is 19.9. The molecule has 1 fully saturated rings. The Morgan fingerprint density at radius 2 is 1.82 bits per heavy atom. The van der Waals surface area contributed by atoms with Gasteiger partial charge in [0.05, 0.1) is 46.0 Å².